The van der Waals surface area contributed by atoms with E-state index in [2.05, 4.69) is 37.8 Å². The fourth-order valence-corrected chi connectivity index (χ4v) is 5.11. The molecule has 0 bridgehead atoms. The van der Waals surface area contributed by atoms with E-state index in [-0.39, 0.29) is 5.60 Å². The van der Waals surface area contributed by atoms with Gasteiger partial charge in [0.15, 0.2) is 0 Å². The Bertz CT molecular complexity index is 285. The number of thioether (sulfide) groups is 1. The number of rotatable bonds is 7. The van der Waals surface area contributed by atoms with Crippen LogP contribution >= 0.6 is 11.8 Å². The van der Waals surface area contributed by atoms with Gasteiger partial charge in [-0.2, -0.15) is 11.8 Å². The number of hydrogen-bond acceptors (Lipinski definition) is 3. The third kappa shape index (κ3) is 5.14. The average Bonchev–Trinajstić information content (AvgIpc) is 2.52. The Hall–Kier alpha value is 0.270. The monoisotopic (exact) mass is 313 g/mol. The maximum Gasteiger partial charge on any atom is 0.0701 e. The normalized spacial score (nSPS) is 28.4. The van der Waals surface area contributed by atoms with Crippen molar-refractivity contribution >= 4 is 11.8 Å². The Morgan fingerprint density at radius 2 is 2.05 bits per heavy atom. The predicted molar refractivity (Wildman–Crippen MR) is 94.1 cm³/mol. The summed E-state index contributed by atoms with van der Waals surface area (Å²) in [6.45, 7) is 9.16. The number of ether oxygens (including phenoxy) is 1. The molecule has 0 radical (unpaired) electrons. The molecule has 0 aromatic carbocycles. The molecule has 2 nitrogen and oxygen atoms in total. The van der Waals surface area contributed by atoms with E-state index in [0.29, 0.717) is 6.04 Å². The lowest BCUT2D eigenvalue weighted by atomic mass is 9.76. The van der Waals surface area contributed by atoms with Gasteiger partial charge < -0.3 is 10.1 Å². The molecule has 0 amide bonds. The molecule has 2 heterocycles. The molecule has 0 aliphatic carbocycles. The largest absolute Gasteiger partial charge is 0.375 e. The SMILES string of the molecule is CCCNC(CC(C)CC)C1CCOC2(CCSCC2)C1. The fourth-order valence-electron chi connectivity index (χ4n) is 3.87. The van der Waals surface area contributed by atoms with Gasteiger partial charge in [0.1, 0.15) is 0 Å². The lowest BCUT2D eigenvalue weighted by Crippen LogP contribution is -2.49. The van der Waals surface area contributed by atoms with E-state index in [9.17, 15) is 0 Å². The van der Waals surface area contributed by atoms with Crippen molar-refractivity contribution in [3.63, 3.8) is 0 Å². The first-order valence-corrected chi connectivity index (χ1v) is 10.3. The zero-order chi connectivity index (χ0) is 15.1. The highest BCUT2D eigenvalue weighted by molar-refractivity contribution is 7.99. The maximum atomic E-state index is 6.28. The van der Waals surface area contributed by atoms with E-state index < -0.39 is 0 Å². The van der Waals surface area contributed by atoms with Gasteiger partial charge in [0.2, 0.25) is 0 Å². The molecule has 3 heteroatoms. The second-order valence-electron chi connectivity index (χ2n) is 7.21. The van der Waals surface area contributed by atoms with Gasteiger partial charge in [-0.25, -0.2) is 0 Å². The topological polar surface area (TPSA) is 21.3 Å². The minimum absolute atomic E-state index is 0.232. The first-order chi connectivity index (χ1) is 10.2. The molecule has 2 saturated heterocycles. The average molecular weight is 314 g/mol. The van der Waals surface area contributed by atoms with Crippen LogP contribution in [0.25, 0.3) is 0 Å². The summed E-state index contributed by atoms with van der Waals surface area (Å²) in [7, 11) is 0. The van der Waals surface area contributed by atoms with Crippen molar-refractivity contribution in [1.82, 2.24) is 5.32 Å². The van der Waals surface area contributed by atoms with Crippen molar-refractivity contribution in [2.24, 2.45) is 11.8 Å². The molecule has 2 aliphatic rings. The van der Waals surface area contributed by atoms with Gasteiger partial charge in [0, 0.05) is 12.6 Å². The molecule has 2 aliphatic heterocycles. The zero-order valence-corrected chi connectivity index (χ0v) is 15.1. The summed E-state index contributed by atoms with van der Waals surface area (Å²) in [5.41, 5.74) is 0.232. The lowest BCUT2D eigenvalue weighted by molar-refractivity contribution is -0.108. The van der Waals surface area contributed by atoms with Crippen LogP contribution in [-0.4, -0.2) is 36.3 Å². The van der Waals surface area contributed by atoms with Crippen LogP contribution in [0, 0.1) is 11.8 Å². The minimum atomic E-state index is 0.232. The van der Waals surface area contributed by atoms with Crippen molar-refractivity contribution in [1.29, 1.82) is 0 Å². The smallest absolute Gasteiger partial charge is 0.0701 e. The third-order valence-electron chi connectivity index (χ3n) is 5.51. The second kappa shape index (κ2) is 8.79. The molecule has 2 fully saturated rings. The van der Waals surface area contributed by atoms with Gasteiger partial charge in [-0.15, -0.1) is 0 Å². The quantitative estimate of drug-likeness (QED) is 0.748. The van der Waals surface area contributed by atoms with Gasteiger partial charge in [0.05, 0.1) is 5.60 Å². The Labute approximate surface area is 136 Å². The van der Waals surface area contributed by atoms with Gasteiger partial charge in [-0.1, -0.05) is 27.2 Å². The summed E-state index contributed by atoms with van der Waals surface area (Å²) in [5.74, 6) is 4.25. The molecule has 0 saturated carbocycles. The molecular weight excluding hydrogens is 278 g/mol. The number of hydrogen-bond donors (Lipinski definition) is 1. The zero-order valence-electron chi connectivity index (χ0n) is 14.3. The van der Waals surface area contributed by atoms with Crippen molar-refractivity contribution in [3.8, 4) is 0 Å². The van der Waals surface area contributed by atoms with E-state index in [1.165, 1.54) is 63.0 Å². The van der Waals surface area contributed by atoms with Crippen molar-refractivity contribution in [2.45, 2.75) is 77.4 Å². The molecule has 0 aromatic heterocycles. The van der Waals surface area contributed by atoms with Gasteiger partial charge in [0.25, 0.3) is 0 Å². The first kappa shape index (κ1) is 17.6. The Kier molecular flexibility index (Phi) is 7.37. The first-order valence-electron chi connectivity index (χ1n) is 9.14. The van der Waals surface area contributed by atoms with Crippen LogP contribution in [0.2, 0.25) is 0 Å². The van der Waals surface area contributed by atoms with Gasteiger partial charge >= 0.3 is 0 Å². The third-order valence-corrected chi connectivity index (χ3v) is 6.50. The van der Waals surface area contributed by atoms with Crippen LogP contribution < -0.4 is 5.32 Å². The lowest BCUT2D eigenvalue weighted by Gasteiger charge is -2.46. The molecule has 0 aromatic rings. The standard InChI is InChI=1S/C18H35NOS/c1-4-9-19-17(13-15(3)5-2)16-6-10-20-18(14-16)7-11-21-12-8-18/h15-17,19H,4-14H2,1-3H3. The van der Waals surface area contributed by atoms with E-state index in [4.69, 9.17) is 4.74 Å². The highest BCUT2D eigenvalue weighted by Crippen LogP contribution is 2.41. The summed E-state index contributed by atoms with van der Waals surface area (Å²) in [4.78, 5) is 0. The molecule has 124 valence electrons. The Balaban J connectivity index is 1.96. The van der Waals surface area contributed by atoms with Gasteiger partial charge in [-0.05, 0) is 68.4 Å². The van der Waals surface area contributed by atoms with Crippen molar-refractivity contribution in [2.75, 3.05) is 24.7 Å². The van der Waals surface area contributed by atoms with Crippen molar-refractivity contribution < 1.29 is 4.74 Å². The van der Waals surface area contributed by atoms with Crippen LogP contribution in [0.3, 0.4) is 0 Å². The van der Waals surface area contributed by atoms with Crippen LogP contribution in [0.4, 0.5) is 0 Å². The molecular formula is C18H35NOS. The summed E-state index contributed by atoms with van der Waals surface area (Å²) < 4.78 is 6.28. The summed E-state index contributed by atoms with van der Waals surface area (Å²) in [6, 6.07) is 0.704. The molecule has 3 unspecified atom stereocenters. The fraction of sp³-hybridized carbons (Fsp3) is 1.00. The van der Waals surface area contributed by atoms with Crippen molar-refractivity contribution in [3.05, 3.63) is 0 Å². The summed E-state index contributed by atoms with van der Waals surface area (Å²) in [5, 5.41) is 3.87. The highest BCUT2D eigenvalue weighted by Gasteiger charge is 2.40. The molecule has 21 heavy (non-hydrogen) atoms. The predicted octanol–water partition coefficient (Wildman–Crippen LogP) is 4.48. The van der Waals surface area contributed by atoms with E-state index in [0.717, 1.165) is 18.4 Å². The van der Waals surface area contributed by atoms with E-state index in [1.807, 2.05) is 0 Å². The molecule has 2 rings (SSSR count). The number of nitrogens with one attached hydrogen (secondary N) is 1. The van der Waals surface area contributed by atoms with Crippen LogP contribution in [0.5, 0.6) is 0 Å². The van der Waals surface area contributed by atoms with Gasteiger partial charge in [-0.3, -0.25) is 0 Å². The molecule has 3 atom stereocenters. The maximum absolute atomic E-state index is 6.28. The van der Waals surface area contributed by atoms with Crippen LogP contribution in [-0.2, 0) is 4.74 Å². The molecule has 1 spiro atoms. The van der Waals surface area contributed by atoms with E-state index in [1.54, 1.807) is 0 Å². The second-order valence-corrected chi connectivity index (χ2v) is 8.43. The van der Waals surface area contributed by atoms with E-state index >= 15 is 0 Å². The summed E-state index contributed by atoms with van der Waals surface area (Å²) in [6.07, 6.45) is 8.98. The van der Waals surface area contributed by atoms with Crippen LogP contribution in [0.1, 0.15) is 65.7 Å². The minimum Gasteiger partial charge on any atom is -0.375 e. The Morgan fingerprint density at radius 1 is 1.29 bits per heavy atom. The summed E-state index contributed by atoms with van der Waals surface area (Å²) >= 11 is 2.10. The highest BCUT2D eigenvalue weighted by atomic mass is 32.2. The Morgan fingerprint density at radius 3 is 2.71 bits per heavy atom. The molecule has 1 N–H and O–H groups in total. The van der Waals surface area contributed by atoms with Crippen LogP contribution in [0.15, 0.2) is 0 Å².